The van der Waals surface area contributed by atoms with Crippen molar-refractivity contribution < 1.29 is 4.79 Å². The minimum atomic E-state index is -0.355. The number of hydrogen-bond acceptors (Lipinski definition) is 2. The normalized spacial score (nSPS) is 13.8. The van der Waals surface area contributed by atoms with Crippen LogP contribution in [-0.2, 0) is 4.79 Å². The van der Waals surface area contributed by atoms with E-state index in [4.69, 9.17) is 5.73 Å². The molecule has 1 amide bonds. The molecule has 0 aromatic heterocycles. The standard InChI is InChI=1S/C14H30N2O/c1-6-8-14(10-15,9-7-2)13(17)16-12(5)11(3)4/h11-12H,6-10,15H2,1-5H3,(H,16,17). The second-order valence-electron chi connectivity index (χ2n) is 5.49. The molecule has 1 atom stereocenters. The minimum absolute atomic E-state index is 0.143. The topological polar surface area (TPSA) is 55.1 Å². The average Bonchev–Trinajstić information content (AvgIpc) is 2.28. The molecule has 102 valence electrons. The number of carbonyl (C=O) groups excluding carboxylic acids is 1. The van der Waals surface area contributed by atoms with Crippen molar-refractivity contribution in [3.05, 3.63) is 0 Å². The van der Waals surface area contributed by atoms with E-state index in [1.54, 1.807) is 0 Å². The predicted molar refractivity (Wildman–Crippen MR) is 73.7 cm³/mol. The van der Waals surface area contributed by atoms with E-state index in [1.165, 1.54) is 0 Å². The van der Waals surface area contributed by atoms with Crippen LogP contribution in [0.1, 0.15) is 60.3 Å². The summed E-state index contributed by atoms with van der Waals surface area (Å²) in [5.41, 5.74) is 5.52. The number of amides is 1. The number of nitrogens with one attached hydrogen (secondary N) is 1. The van der Waals surface area contributed by atoms with E-state index in [0.717, 1.165) is 25.7 Å². The fourth-order valence-electron chi connectivity index (χ4n) is 2.13. The fourth-order valence-corrected chi connectivity index (χ4v) is 2.13. The Hall–Kier alpha value is -0.570. The zero-order chi connectivity index (χ0) is 13.5. The van der Waals surface area contributed by atoms with Gasteiger partial charge in [0.1, 0.15) is 0 Å². The van der Waals surface area contributed by atoms with Gasteiger partial charge in [0.15, 0.2) is 0 Å². The van der Waals surface area contributed by atoms with Gasteiger partial charge in [-0.15, -0.1) is 0 Å². The van der Waals surface area contributed by atoms with Gasteiger partial charge < -0.3 is 11.1 Å². The molecule has 0 aromatic carbocycles. The molecule has 3 heteroatoms. The minimum Gasteiger partial charge on any atom is -0.353 e. The Kier molecular flexibility index (Phi) is 7.44. The van der Waals surface area contributed by atoms with Gasteiger partial charge in [0.2, 0.25) is 5.91 Å². The quantitative estimate of drug-likeness (QED) is 0.687. The Labute approximate surface area is 107 Å². The van der Waals surface area contributed by atoms with Crippen molar-refractivity contribution in [2.45, 2.75) is 66.3 Å². The van der Waals surface area contributed by atoms with E-state index in [9.17, 15) is 4.79 Å². The van der Waals surface area contributed by atoms with E-state index < -0.39 is 0 Å². The van der Waals surface area contributed by atoms with Gasteiger partial charge in [-0.3, -0.25) is 4.79 Å². The molecule has 0 aromatic rings. The molecule has 0 fully saturated rings. The van der Waals surface area contributed by atoms with Crippen molar-refractivity contribution in [3.63, 3.8) is 0 Å². The molecule has 0 rings (SSSR count). The van der Waals surface area contributed by atoms with Crippen LogP contribution in [0.25, 0.3) is 0 Å². The maximum atomic E-state index is 12.4. The molecule has 3 nitrogen and oxygen atoms in total. The highest BCUT2D eigenvalue weighted by atomic mass is 16.2. The third-order valence-corrected chi connectivity index (χ3v) is 3.69. The Morgan fingerprint density at radius 3 is 1.94 bits per heavy atom. The van der Waals surface area contributed by atoms with Crippen molar-refractivity contribution in [1.82, 2.24) is 5.32 Å². The van der Waals surface area contributed by atoms with Crippen LogP contribution in [0.4, 0.5) is 0 Å². The molecule has 0 saturated heterocycles. The molecule has 3 N–H and O–H groups in total. The molecule has 0 heterocycles. The van der Waals surface area contributed by atoms with Gasteiger partial charge in [0.25, 0.3) is 0 Å². The zero-order valence-corrected chi connectivity index (χ0v) is 12.2. The van der Waals surface area contributed by atoms with Crippen LogP contribution in [0.15, 0.2) is 0 Å². The van der Waals surface area contributed by atoms with Crippen LogP contribution < -0.4 is 11.1 Å². The molecule has 0 bridgehead atoms. The Bertz CT molecular complexity index is 220. The van der Waals surface area contributed by atoms with Crippen LogP contribution in [-0.4, -0.2) is 18.5 Å². The highest BCUT2D eigenvalue weighted by Crippen LogP contribution is 2.29. The Balaban J connectivity index is 4.72. The molecular weight excluding hydrogens is 212 g/mol. The predicted octanol–water partition coefficient (Wildman–Crippen LogP) is 2.69. The van der Waals surface area contributed by atoms with Crippen molar-refractivity contribution in [3.8, 4) is 0 Å². The Morgan fingerprint density at radius 1 is 1.18 bits per heavy atom. The lowest BCUT2D eigenvalue weighted by Gasteiger charge is -2.33. The zero-order valence-electron chi connectivity index (χ0n) is 12.2. The SMILES string of the molecule is CCCC(CN)(CCC)C(=O)NC(C)C(C)C. The molecule has 0 aliphatic heterocycles. The van der Waals surface area contributed by atoms with E-state index in [-0.39, 0.29) is 17.4 Å². The summed E-state index contributed by atoms with van der Waals surface area (Å²) in [6.45, 7) is 11.0. The van der Waals surface area contributed by atoms with Crippen molar-refractivity contribution in [2.24, 2.45) is 17.1 Å². The fraction of sp³-hybridized carbons (Fsp3) is 0.929. The second-order valence-corrected chi connectivity index (χ2v) is 5.49. The second kappa shape index (κ2) is 7.70. The molecule has 0 spiro atoms. The monoisotopic (exact) mass is 242 g/mol. The molecule has 0 aliphatic carbocycles. The van der Waals surface area contributed by atoms with E-state index >= 15 is 0 Å². The largest absolute Gasteiger partial charge is 0.353 e. The first-order valence-corrected chi connectivity index (χ1v) is 6.94. The molecule has 0 radical (unpaired) electrons. The average molecular weight is 242 g/mol. The first-order chi connectivity index (χ1) is 7.93. The van der Waals surface area contributed by atoms with Gasteiger partial charge in [-0.05, 0) is 25.7 Å². The van der Waals surface area contributed by atoms with E-state index in [2.05, 4.69) is 39.9 Å². The lowest BCUT2D eigenvalue weighted by molar-refractivity contribution is -0.132. The van der Waals surface area contributed by atoms with Crippen LogP contribution in [0, 0.1) is 11.3 Å². The maximum absolute atomic E-state index is 12.4. The van der Waals surface area contributed by atoms with Gasteiger partial charge in [-0.25, -0.2) is 0 Å². The maximum Gasteiger partial charge on any atom is 0.227 e. The lowest BCUT2D eigenvalue weighted by atomic mass is 9.78. The highest BCUT2D eigenvalue weighted by molar-refractivity contribution is 5.83. The van der Waals surface area contributed by atoms with Crippen LogP contribution in [0.5, 0.6) is 0 Å². The lowest BCUT2D eigenvalue weighted by Crippen LogP contribution is -2.49. The van der Waals surface area contributed by atoms with Crippen molar-refractivity contribution >= 4 is 5.91 Å². The summed E-state index contributed by atoms with van der Waals surface area (Å²) in [6, 6.07) is 0.210. The summed E-state index contributed by atoms with van der Waals surface area (Å²) < 4.78 is 0. The van der Waals surface area contributed by atoms with E-state index in [1.807, 2.05) is 0 Å². The number of hydrogen-bond donors (Lipinski definition) is 2. The highest BCUT2D eigenvalue weighted by Gasteiger charge is 2.35. The van der Waals surface area contributed by atoms with Crippen molar-refractivity contribution in [2.75, 3.05) is 6.54 Å². The molecule has 1 unspecified atom stereocenters. The number of nitrogens with two attached hydrogens (primary N) is 1. The summed E-state index contributed by atoms with van der Waals surface area (Å²) in [6.07, 6.45) is 3.77. The third kappa shape index (κ3) is 4.66. The van der Waals surface area contributed by atoms with Crippen LogP contribution >= 0.6 is 0 Å². The molecule has 0 saturated carbocycles. The van der Waals surface area contributed by atoms with Crippen molar-refractivity contribution in [1.29, 1.82) is 0 Å². The first-order valence-electron chi connectivity index (χ1n) is 6.94. The van der Waals surface area contributed by atoms with Gasteiger partial charge in [-0.1, -0.05) is 40.5 Å². The van der Waals surface area contributed by atoms with Gasteiger partial charge >= 0.3 is 0 Å². The summed E-state index contributed by atoms with van der Waals surface area (Å²) in [4.78, 5) is 12.4. The summed E-state index contributed by atoms with van der Waals surface area (Å²) in [7, 11) is 0. The molecular formula is C14H30N2O. The van der Waals surface area contributed by atoms with Crippen LogP contribution in [0.3, 0.4) is 0 Å². The number of rotatable bonds is 8. The summed E-state index contributed by atoms with van der Waals surface area (Å²) >= 11 is 0. The molecule has 17 heavy (non-hydrogen) atoms. The molecule has 0 aliphatic rings. The third-order valence-electron chi connectivity index (χ3n) is 3.69. The van der Waals surface area contributed by atoms with Gasteiger partial charge in [0, 0.05) is 12.6 Å². The van der Waals surface area contributed by atoms with E-state index in [0.29, 0.717) is 12.5 Å². The summed E-state index contributed by atoms with van der Waals surface area (Å²) in [5, 5.41) is 3.12. The van der Waals surface area contributed by atoms with Crippen LogP contribution in [0.2, 0.25) is 0 Å². The summed E-state index contributed by atoms with van der Waals surface area (Å²) in [5.74, 6) is 0.600. The Morgan fingerprint density at radius 2 is 1.65 bits per heavy atom. The van der Waals surface area contributed by atoms with Gasteiger partial charge in [0.05, 0.1) is 5.41 Å². The first kappa shape index (κ1) is 16.4. The smallest absolute Gasteiger partial charge is 0.227 e. The number of carbonyl (C=O) groups is 1. The van der Waals surface area contributed by atoms with Gasteiger partial charge in [-0.2, -0.15) is 0 Å².